The Morgan fingerprint density at radius 1 is 1.05 bits per heavy atom. The van der Waals surface area contributed by atoms with Crippen LogP contribution in [-0.2, 0) is 4.74 Å². The highest BCUT2D eigenvalue weighted by molar-refractivity contribution is 4.93. The van der Waals surface area contributed by atoms with Gasteiger partial charge >= 0.3 is 0 Å². The Bertz CT molecular complexity index is 298. The fourth-order valence-corrected chi connectivity index (χ4v) is 4.86. The maximum Gasteiger partial charge on any atom is 0.0687 e. The average Bonchev–Trinajstić information content (AvgIpc) is 3.08. The minimum Gasteiger partial charge on any atom is -0.372 e. The van der Waals surface area contributed by atoms with Crippen LogP contribution in [0.2, 0.25) is 0 Å². The number of nitrogens with one attached hydrogen (secondary N) is 1. The summed E-state index contributed by atoms with van der Waals surface area (Å²) in [4.78, 5) is 0. The fraction of sp³-hybridized carbons (Fsp3) is 1.00. The van der Waals surface area contributed by atoms with Crippen LogP contribution < -0.4 is 5.32 Å². The molecule has 1 N–H and O–H groups in total. The third-order valence-corrected chi connectivity index (χ3v) is 5.92. The van der Waals surface area contributed by atoms with Gasteiger partial charge in [-0.05, 0) is 63.8 Å². The van der Waals surface area contributed by atoms with Crippen molar-refractivity contribution in [2.45, 2.75) is 102 Å². The Morgan fingerprint density at radius 2 is 1.90 bits per heavy atom. The van der Waals surface area contributed by atoms with Gasteiger partial charge in [0, 0.05) is 6.04 Å². The van der Waals surface area contributed by atoms with Gasteiger partial charge in [0.05, 0.1) is 11.7 Å². The van der Waals surface area contributed by atoms with Gasteiger partial charge in [-0.2, -0.15) is 0 Å². The second-order valence-electron chi connectivity index (χ2n) is 7.59. The first-order valence-corrected chi connectivity index (χ1v) is 9.21. The first-order valence-electron chi connectivity index (χ1n) is 9.21. The molecule has 0 bridgehead atoms. The van der Waals surface area contributed by atoms with Crippen molar-refractivity contribution >= 4 is 0 Å². The molecule has 3 atom stereocenters. The monoisotopic (exact) mass is 279 g/mol. The lowest BCUT2D eigenvalue weighted by Crippen LogP contribution is -2.35. The topological polar surface area (TPSA) is 21.3 Å². The largest absolute Gasteiger partial charge is 0.372 e. The van der Waals surface area contributed by atoms with Crippen molar-refractivity contribution in [1.29, 1.82) is 0 Å². The Balaban J connectivity index is 1.43. The summed E-state index contributed by atoms with van der Waals surface area (Å²) in [6.07, 6.45) is 17.0. The molecule has 20 heavy (non-hydrogen) atoms. The Morgan fingerprint density at radius 3 is 2.70 bits per heavy atom. The summed E-state index contributed by atoms with van der Waals surface area (Å²) in [5, 5.41) is 3.73. The zero-order valence-corrected chi connectivity index (χ0v) is 13.3. The molecule has 2 saturated carbocycles. The lowest BCUT2D eigenvalue weighted by molar-refractivity contribution is -0.0462. The van der Waals surface area contributed by atoms with Crippen molar-refractivity contribution in [2.75, 3.05) is 6.54 Å². The molecule has 2 aliphatic carbocycles. The van der Waals surface area contributed by atoms with Crippen LogP contribution in [0.5, 0.6) is 0 Å². The fourth-order valence-electron chi connectivity index (χ4n) is 4.86. The lowest BCUT2D eigenvalue weighted by atomic mass is 9.82. The first-order chi connectivity index (χ1) is 9.80. The molecule has 1 saturated heterocycles. The predicted molar refractivity (Wildman–Crippen MR) is 84.0 cm³/mol. The number of ether oxygens (including phenoxy) is 1. The molecular weight excluding hydrogens is 246 g/mol. The van der Waals surface area contributed by atoms with E-state index in [-0.39, 0.29) is 0 Å². The van der Waals surface area contributed by atoms with E-state index >= 15 is 0 Å². The summed E-state index contributed by atoms with van der Waals surface area (Å²) >= 11 is 0. The molecular formula is C18H33NO. The SMILES string of the molecule is CCCNC1CCCC(CC2CCC3(CCCC3)O2)C1. The predicted octanol–water partition coefficient (Wildman–Crippen LogP) is 4.43. The molecule has 116 valence electrons. The van der Waals surface area contributed by atoms with Gasteiger partial charge in [0.25, 0.3) is 0 Å². The molecule has 3 fully saturated rings. The third-order valence-electron chi connectivity index (χ3n) is 5.92. The standard InChI is InChI=1S/C18H33NO/c1-2-12-19-16-7-5-6-15(13-16)14-17-8-11-18(20-17)9-3-4-10-18/h15-17,19H,2-14H2,1H3. The molecule has 0 radical (unpaired) electrons. The van der Waals surface area contributed by atoms with Gasteiger partial charge in [-0.15, -0.1) is 0 Å². The zero-order valence-electron chi connectivity index (χ0n) is 13.3. The quantitative estimate of drug-likeness (QED) is 0.804. The van der Waals surface area contributed by atoms with Crippen molar-refractivity contribution in [3.05, 3.63) is 0 Å². The molecule has 0 aromatic heterocycles. The maximum absolute atomic E-state index is 6.51. The second-order valence-corrected chi connectivity index (χ2v) is 7.59. The highest BCUT2D eigenvalue weighted by Gasteiger charge is 2.42. The van der Waals surface area contributed by atoms with Crippen molar-refractivity contribution < 1.29 is 4.74 Å². The minimum atomic E-state index is 0.333. The van der Waals surface area contributed by atoms with Gasteiger partial charge < -0.3 is 10.1 Å². The van der Waals surface area contributed by atoms with E-state index in [4.69, 9.17) is 4.74 Å². The van der Waals surface area contributed by atoms with E-state index in [0.29, 0.717) is 11.7 Å². The summed E-state index contributed by atoms with van der Waals surface area (Å²) in [5.41, 5.74) is 0.333. The number of hydrogen-bond acceptors (Lipinski definition) is 2. The van der Waals surface area contributed by atoms with E-state index in [1.807, 2.05) is 0 Å². The molecule has 3 unspecified atom stereocenters. The van der Waals surface area contributed by atoms with E-state index < -0.39 is 0 Å². The van der Waals surface area contributed by atoms with Crippen LogP contribution in [0, 0.1) is 5.92 Å². The number of hydrogen-bond donors (Lipinski definition) is 1. The Kier molecular flexibility index (Phi) is 5.04. The molecule has 3 aliphatic rings. The third kappa shape index (κ3) is 3.57. The van der Waals surface area contributed by atoms with Crippen LogP contribution in [0.4, 0.5) is 0 Å². The lowest BCUT2D eigenvalue weighted by Gasteiger charge is -2.32. The van der Waals surface area contributed by atoms with Crippen molar-refractivity contribution in [2.24, 2.45) is 5.92 Å². The summed E-state index contributed by atoms with van der Waals surface area (Å²) in [6, 6.07) is 0.788. The van der Waals surface area contributed by atoms with Crippen molar-refractivity contribution in [3.8, 4) is 0 Å². The summed E-state index contributed by atoms with van der Waals surface area (Å²) in [7, 11) is 0. The molecule has 0 aromatic carbocycles. The molecule has 0 aromatic rings. The minimum absolute atomic E-state index is 0.333. The first kappa shape index (κ1) is 14.8. The van der Waals surface area contributed by atoms with Crippen LogP contribution in [0.15, 0.2) is 0 Å². The van der Waals surface area contributed by atoms with E-state index in [9.17, 15) is 0 Å². The Labute approximate surface area is 125 Å². The van der Waals surface area contributed by atoms with Crippen LogP contribution >= 0.6 is 0 Å². The van der Waals surface area contributed by atoms with E-state index in [1.165, 1.54) is 83.6 Å². The second kappa shape index (κ2) is 6.79. The average molecular weight is 279 g/mol. The van der Waals surface area contributed by atoms with Gasteiger partial charge in [0.1, 0.15) is 0 Å². The van der Waals surface area contributed by atoms with E-state index in [1.54, 1.807) is 0 Å². The van der Waals surface area contributed by atoms with E-state index in [2.05, 4.69) is 12.2 Å². The summed E-state index contributed by atoms with van der Waals surface area (Å²) in [6.45, 7) is 3.46. The normalized spacial score (nSPS) is 36.8. The molecule has 1 spiro atoms. The maximum atomic E-state index is 6.51. The van der Waals surface area contributed by atoms with Crippen LogP contribution in [-0.4, -0.2) is 24.3 Å². The van der Waals surface area contributed by atoms with Gasteiger partial charge in [0.15, 0.2) is 0 Å². The smallest absolute Gasteiger partial charge is 0.0687 e. The molecule has 0 amide bonds. The highest BCUT2D eigenvalue weighted by Crippen LogP contribution is 2.45. The number of rotatable bonds is 5. The van der Waals surface area contributed by atoms with Crippen LogP contribution in [0.1, 0.15) is 84.0 Å². The Hall–Kier alpha value is -0.0800. The molecule has 2 nitrogen and oxygen atoms in total. The van der Waals surface area contributed by atoms with Crippen molar-refractivity contribution in [1.82, 2.24) is 5.32 Å². The molecule has 3 rings (SSSR count). The molecule has 1 heterocycles. The van der Waals surface area contributed by atoms with Crippen LogP contribution in [0.25, 0.3) is 0 Å². The highest BCUT2D eigenvalue weighted by atomic mass is 16.5. The molecule has 1 aliphatic heterocycles. The molecule has 2 heteroatoms. The zero-order chi connectivity index (χ0) is 13.8. The van der Waals surface area contributed by atoms with Crippen molar-refractivity contribution in [3.63, 3.8) is 0 Å². The van der Waals surface area contributed by atoms with Gasteiger partial charge in [-0.3, -0.25) is 0 Å². The van der Waals surface area contributed by atoms with E-state index in [0.717, 1.165) is 12.0 Å². The van der Waals surface area contributed by atoms with Gasteiger partial charge in [-0.25, -0.2) is 0 Å². The van der Waals surface area contributed by atoms with Gasteiger partial charge in [0.2, 0.25) is 0 Å². The van der Waals surface area contributed by atoms with Gasteiger partial charge in [-0.1, -0.05) is 32.6 Å². The van der Waals surface area contributed by atoms with Crippen LogP contribution in [0.3, 0.4) is 0 Å². The summed E-state index contributed by atoms with van der Waals surface area (Å²) in [5.74, 6) is 0.916. The summed E-state index contributed by atoms with van der Waals surface area (Å²) < 4.78 is 6.51.